The smallest absolute Gasteiger partial charge is 0.357 e. The number of nitrogens with one attached hydrogen (secondary N) is 1. The molecule has 1 aliphatic heterocycles. The van der Waals surface area contributed by atoms with Crippen LogP contribution in [0.4, 0.5) is 0 Å². The zero-order valence-corrected chi connectivity index (χ0v) is 22.9. The standard InChI is InChI=1S/C25H42N4O5S/c1-8-16(4)21(27-22(31)18-11-9-10-12-28(18)5)24(32)29(6)19(15(2)3)13-20(30)23-26-17(14-35-23)25(33)34-7/h14-16,18-21,30H,8-13H2,1-7H3,(H,27,31). The quantitative estimate of drug-likeness (QED) is 0.440. The van der Waals surface area contributed by atoms with E-state index in [1.807, 2.05) is 34.7 Å². The number of rotatable bonds is 11. The highest BCUT2D eigenvalue weighted by Crippen LogP contribution is 2.28. The Morgan fingerprint density at radius 3 is 2.57 bits per heavy atom. The lowest BCUT2D eigenvalue weighted by atomic mass is 9.92. The van der Waals surface area contributed by atoms with E-state index >= 15 is 0 Å². The van der Waals surface area contributed by atoms with Crippen molar-refractivity contribution in [2.75, 3.05) is 27.7 Å². The highest BCUT2D eigenvalue weighted by molar-refractivity contribution is 7.09. The summed E-state index contributed by atoms with van der Waals surface area (Å²) >= 11 is 1.19. The van der Waals surface area contributed by atoms with Crippen molar-refractivity contribution in [1.29, 1.82) is 0 Å². The van der Waals surface area contributed by atoms with Crippen molar-refractivity contribution in [2.24, 2.45) is 11.8 Å². The molecule has 0 radical (unpaired) electrons. The molecule has 1 aromatic rings. The number of hydrogen-bond donors (Lipinski definition) is 2. The normalized spacial score (nSPS) is 20.1. The third kappa shape index (κ3) is 7.47. The van der Waals surface area contributed by atoms with Gasteiger partial charge in [0.15, 0.2) is 5.69 Å². The number of likely N-dealkylation sites (tertiary alicyclic amines) is 1. The van der Waals surface area contributed by atoms with E-state index < -0.39 is 18.1 Å². The summed E-state index contributed by atoms with van der Waals surface area (Å²) in [6.45, 7) is 8.86. The predicted molar refractivity (Wildman–Crippen MR) is 136 cm³/mol. The molecule has 5 unspecified atom stereocenters. The van der Waals surface area contributed by atoms with Gasteiger partial charge in [0.05, 0.1) is 13.2 Å². The van der Waals surface area contributed by atoms with Gasteiger partial charge in [0.2, 0.25) is 11.8 Å². The van der Waals surface area contributed by atoms with Crippen LogP contribution in [0.25, 0.3) is 0 Å². The monoisotopic (exact) mass is 510 g/mol. The molecule has 35 heavy (non-hydrogen) atoms. The number of aromatic nitrogens is 1. The molecule has 5 atom stereocenters. The number of esters is 1. The molecule has 0 aliphatic carbocycles. The number of likely N-dealkylation sites (N-methyl/N-ethyl adjacent to an activating group) is 2. The van der Waals surface area contributed by atoms with Crippen molar-refractivity contribution < 1.29 is 24.2 Å². The molecule has 0 spiro atoms. The lowest BCUT2D eigenvalue weighted by Crippen LogP contribution is -2.58. The van der Waals surface area contributed by atoms with Gasteiger partial charge >= 0.3 is 5.97 Å². The first-order chi connectivity index (χ1) is 16.5. The molecule has 10 heteroatoms. The Labute approximate surface area is 213 Å². The van der Waals surface area contributed by atoms with E-state index in [0.717, 1.165) is 32.2 Å². The van der Waals surface area contributed by atoms with Crippen molar-refractivity contribution >= 4 is 29.1 Å². The fourth-order valence-corrected chi connectivity index (χ4v) is 5.35. The molecule has 1 fully saturated rings. The summed E-state index contributed by atoms with van der Waals surface area (Å²) in [4.78, 5) is 46.4. The summed E-state index contributed by atoms with van der Waals surface area (Å²) in [5.74, 6) is -0.799. The molecule has 0 saturated carbocycles. The molecule has 2 amide bonds. The van der Waals surface area contributed by atoms with Crippen molar-refractivity contribution in [3.05, 3.63) is 16.1 Å². The number of nitrogens with zero attached hydrogens (tertiary/aromatic N) is 3. The average molecular weight is 511 g/mol. The molecular formula is C25H42N4O5S. The van der Waals surface area contributed by atoms with Crippen molar-refractivity contribution in [1.82, 2.24) is 20.1 Å². The maximum atomic E-state index is 13.7. The Morgan fingerprint density at radius 2 is 2.00 bits per heavy atom. The van der Waals surface area contributed by atoms with Gasteiger partial charge in [0.25, 0.3) is 0 Å². The minimum atomic E-state index is -0.936. The number of ether oxygens (including phenoxy) is 1. The Morgan fingerprint density at radius 1 is 1.31 bits per heavy atom. The molecule has 9 nitrogen and oxygen atoms in total. The predicted octanol–water partition coefficient (Wildman–Crippen LogP) is 2.85. The highest BCUT2D eigenvalue weighted by atomic mass is 32.1. The minimum absolute atomic E-state index is 0.0397. The van der Waals surface area contributed by atoms with E-state index in [1.165, 1.54) is 18.4 Å². The summed E-state index contributed by atoms with van der Waals surface area (Å²) in [6, 6.07) is -1.15. The summed E-state index contributed by atoms with van der Waals surface area (Å²) in [7, 11) is 4.97. The molecule has 2 N–H and O–H groups in total. The Hall–Kier alpha value is -2.04. The molecule has 1 aromatic heterocycles. The molecule has 0 aromatic carbocycles. The number of aliphatic hydroxyl groups is 1. The van der Waals surface area contributed by atoms with Crippen LogP contribution in [0.3, 0.4) is 0 Å². The van der Waals surface area contributed by atoms with Gasteiger partial charge in [-0.2, -0.15) is 0 Å². The second-order valence-electron chi connectivity index (χ2n) is 9.94. The number of carbonyl (C=O) groups is 3. The van der Waals surface area contributed by atoms with Crippen LogP contribution in [0.1, 0.15) is 81.4 Å². The van der Waals surface area contributed by atoms with Gasteiger partial charge in [-0.05, 0) is 38.3 Å². The van der Waals surface area contributed by atoms with E-state index in [4.69, 9.17) is 4.74 Å². The molecule has 0 bridgehead atoms. The third-order valence-electron chi connectivity index (χ3n) is 7.13. The molecule has 1 saturated heterocycles. The van der Waals surface area contributed by atoms with Crippen LogP contribution >= 0.6 is 11.3 Å². The van der Waals surface area contributed by atoms with Crippen LogP contribution in [0.15, 0.2) is 5.38 Å². The van der Waals surface area contributed by atoms with E-state index in [1.54, 1.807) is 17.3 Å². The van der Waals surface area contributed by atoms with Gasteiger partial charge in [-0.15, -0.1) is 11.3 Å². The number of amides is 2. The number of carbonyl (C=O) groups excluding carboxylic acids is 3. The van der Waals surface area contributed by atoms with Crippen molar-refractivity contribution in [2.45, 2.75) is 84.0 Å². The number of thiazole rings is 1. The topological polar surface area (TPSA) is 112 Å². The van der Waals surface area contributed by atoms with Gasteiger partial charge in [0.1, 0.15) is 17.2 Å². The van der Waals surface area contributed by atoms with Crippen molar-refractivity contribution in [3.8, 4) is 0 Å². The fraction of sp³-hybridized carbons (Fsp3) is 0.760. The number of hydrogen-bond acceptors (Lipinski definition) is 8. The number of piperidine rings is 1. The van der Waals surface area contributed by atoms with Crippen molar-refractivity contribution in [3.63, 3.8) is 0 Å². The SMILES string of the molecule is CCC(C)C(NC(=O)C1CCCCN1C)C(=O)N(C)C(CC(O)c1nc(C(=O)OC)cs1)C(C)C. The van der Waals surface area contributed by atoms with Crippen LogP contribution in [-0.2, 0) is 14.3 Å². The molecule has 198 valence electrons. The van der Waals surface area contributed by atoms with Gasteiger partial charge < -0.3 is 20.1 Å². The molecule has 2 rings (SSSR count). The van der Waals surface area contributed by atoms with Crippen LogP contribution in [0.5, 0.6) is 0 Å². The largest absolute Gasteiger partial charge is 0.464 e. The number of aliphatic hydroxyl groups excluding tert-OH is 1. The number of methoxy groups -OCH3 is 1. The van der Waals surface area contributed by atoms with Gasteiger partial charge in [-0.1, -0.05) is 40.5 Å². The van der Waals surface area contributed by atoms with Crippen LogP contribution in [0.2, 0.25) is 0 Å². The summed E-state index contributed by atoms with van der Waals surface area (Å²) in [5, 5.41) is 15.9. The fourth-order valence-electron chi connectivity index (χ4n) is 4.57. The second-order valence-corrected chi connectivity index (χ2v) is 10.8. The first kappa shape index (κ1) is 29.2. The van der Waals surface area contributed by atoms with E-state index in [2.05, 4.69) is 15.2 Å². The summed E-state index contributed by atoms with van der Waals surface area (Å²) in [6.07, 6.45) is 2.95. The lowest BCUT2D eigenvalue weighted by molar-refractivity contribution is -0.141. The maximum Gasteiger partial charge on any atom is 0.357 e. The molecule has 2 heterocycles. The summed E-state index contributed by atoms with van der Waals surface area (Å²) in [5.41, 5.74) is 0.157. The molecular weight excluding hydrogens is 468 g/mol. The van der Waals surface area contributed by atoms with E-state index in [9.17, 15) is 19.5 Å². The average Bonchev–Trinajstić information content (AvgIpc) is 3.34. The first-order valence-electron chi connectivity index (χ1n) is 12.5. The minimum Gasteiger partial charge on any atom is -0.464 e. The van der Waals surface area contributed by atoms with Crippen LogP contribution in [0, 0.1) is 11.8 Å². The van der Waals surface area contributed by atoms with Gasteiger partial charge in [0, 0.05) is 24.9 Å². The van der Waals surface area contributed by atoms with Crippen LogP contribution in [-0.4, -0.2) is 83.5 Å². The Bertz CT molecular complexity index is 861. The maximum absolute atomic E-state index is 13.7. The first-order valence-corrected chi connectivity index (χ1v) is 13.4. The summed E-state index contributed by atoms with van der Waals surface area (Å²) < 4.78 is 4.69. The third-order valence-corrected chi connectivity index (χ3v) is 8.08. The molecule has 1 aliphatic rings. The van der Waals surface area contributed by atoms with E-state index in [-0.39, 0.29) is 47.8 Å². The Kier molecular flexibility index (Phi) is 11.1. The van der Waals surface area contributed by atoms with Crippen LogP contribution < -0.4 is 5.32 Å². The van der Waals surface area contributed by atoms with Gasteiger partial charge in [-0.25, -0.2) is 9.78 Å². The van der Waals surface area contributed by atoms with E-state index in [0.29, 0.717) is 5.01 Å². The zero-order valence-electron chi connectivity index (χ0n) is 22.1. The van der Waals surface area contributed by atoms with Gasteiger partial charge in [-0.3, -0.25) is 14.5 Å². The Balaban J connectivity index is 2.16. The second kappa shape index (κ2) is 13.3. The zero-order chi connectivity index (χ0) is 26.3. The highest BCUT2D eigenvalue weighted by Gasteiger charge is 2.36. The lowest BCUT2D eigenvalue weighted by Gasteiger charge is -2.38.